The van der Waals surface area contributed by atoms with Gasteiger partial charge in [0.25, 0.3) is 0 Å². The number of ether oxygens (including phenoxy) is 3. The van der Waals surface area contributed by atoms with Gasteiger partial charge in [-0.15, -0.1) is 0 Å². The predicted octanol–water partition coefficient (Wildman–Crippen LogP) is 16.4. The molecule has 0 saturated carbocycles. The van der Waals surface area contributed by atoms with Gasteiger partial charge in [-0.05, 0) is 51.4 Å². The lowest BCUT2D eigenvalue weighted by Crippen LogP contribution is -2.30. The summed E-state index contributed by atoms with van der Waals surface area (Å²) in [5.74, 6) is -0.872. The van der Waals surface area contributed by atoms with Crippen molar-refractivity contribution in [2.24, 2.45) is 0 Å². The molecule has 6 nitrogen and oxygen atoms in total. The van der Waals surface area contributed by atoms with Crippen LogP contribution >= 0.6 is 0 Å². The Labute approximate surface area is 360 Å². The van der Waals surface area contributed by atoms with E-state index in [1.165, 1.54) is 167 Å². The molecule has 0 fully saturated rings. The van der Waals surface area contributed by atoms with Gasteiger partial charge in [-0.1, -0.05) is 225 Å². The number of carbonyl (C=O) groups is 3. The highest BCUT2D eigenvalue weighted by molar-refractivity contribution is 5.71. The van der Waals surface area contributed by atoms with Crippen molar-refractivity contribution in [3.05, 3.63) is 24.3 Å². The minimum Gasteiger partial charge on any atom is -0.462 e. The molecule has 0 N–H and O–H groups in total. The molecule has 0 aromatic heterocycles. The minimum absolute atomic E-state index is 0.0695. The second-order valence-corrected chi connectivity index (χ2v) is 17.1. The summed E-state index contributed by atoms with van der Waals surface area (Å²) >= 11 is 0. The lowest BCUT2D eigenvalue weighted by Gasteiger charge is -2.18. The number of unbranched alkanes of at least 4 members (excludes halogenated alkanes) is 31. The molecule has 0 radical (unpaired) electrons. The number of allylic oxidation sites excluding steroid dienone is 4. The van der Waals surface area contributed by atoms with Crippen molar-refractivity contribution in [2.45, 2.75) is 277 Å². The number of carbonyl (C=O) groups excluding carboxylic acids is 3. The summed E-state index contributed by atoms with van der Waals surface area (Å²) in [4.78, 5) is 37.7. The van der Waals surface area contributed by atoms with Crippen LogP contribution in [-0.2, 0) is 28.6 Å². The molecule has 0 aromatic carbocycles. The SMILES string of the molecule is CCCCCCC/C=C\C/C=C\CCCCCCCCCCCC(=O)OCC(COC(=O)CCCCCCCC)OC(=O)CCCCCCCCCCCCCCC. The third kappa shape index (κ3) is 45.0. The van der Waals surface area contributed by atoms with Crippen LogP contribution in [-0.4, -0.2) is 37.2 Å². The van der Waals surface area contributed by atoms with Gasteiger partial charge in [-0.2, -0.15) is 0 Å². The molecule has 0 saturated heterocycles. The summed E-state index contributed by atoms with van der Waals surface area (Å²) in [5, 5.41) is 0. The zero-order chi connectivity index (χ0) is 42.3. The molecule has 0 aliphatic heterocycles. The molecule has 0 spiro atoms. The standard InChI is InChI=1S/C52H96O6/c1-4-7-10-13-16-18-20-22-23-24-25-26-27-28-29-31-32-34-36-39-42-45-51(54)57-48-49(47-56-50(53)44-41-38-15-12-9-6-3)58-52(55)46-43-40-37-35-33-30-21-19-17-14-11-8-5-2/h20,22,24-25,49H,4-19,21,23,26-48H2,1-3H3/b22-20-,25-24-. The first kappa shape index (κ1) is 55.9. The van der Waals surface area contributed by atoms with Gasteiger partial charge in [0.1, 0.15) is 13.2 Å². The Morgan fingerprint density at radius 3 is 0.948 bits per heavy atom. The molecule has 0 aromatic rings. The van der Waals surface area contributed by atoms with Crippen molar-refractivity contribution in [1.82, 2.24) is 0 Å². The molecule has 1 atom stereocenters. The Hall–Kier alpha value is -2.11. The molecule has 1 unspecified atom stereocenters. The molecule has 0 bridgehead atoms. The zero-order valence-corrected chi connectivity index (χ0v) is 38.8. The van der Waals surface area contributed by atoms with Gasteiger partial charge in [0, 0.05) is 19.3 Å². The Bertz CT molecular complexity index is 942. The van der Waals surface area contributed by atoms with Gasteiger partial charge in [-0.25, -0.2) is 0 Å². The van der Waals surface area contributed by atoms with E-state index in [1.807, 2.05) is 0 Å². The largest absolute Gasteiger partial charge is 0.462 e. The third-order valence-electron chi connectivity index (χ3n) is 11.2. The molecule has 0 heterocycles. The fourth-order valence-corrected chi connectivity index (χ4v) is 7.36. The average Bonchev–Trinajstić information content (AvgIpc) is 3.22. The molecule has 0 aliphatic carbocycles. The van der Waals surface area contributed by atoms with Crippen LogP contribution < -0.4 is 0 Å². The quantitative estimate of drug-likeness (QED) is 0.0263. The summed E-state index contributed by atoms with van der Waals surface area (Å²) in [5.41, 5.74) is 0. The fraction of sp³-hybridized carbons (Fsp3) is 0.865. The summed E-state index contributed by atoms with van der Waals surface area (Å²) in [6.07, 6.45) is 53.3. The van der Waals surface area contributed by atoms with Crippen molar-refractivity contribution in [3.63, 3.8) is 0 Å². The fourth-order valence-electron chi connectivity index (χ4n) is 7.36. The van der Waals surface area contributed by atoms with Gasteiger partial charge in [0.05, 0.1) is 0 Å². The van der Waals surface area contributed by atoms with E-state index in [2.05, 4.69) is 45.1 Å². The first-order valence-electron chi connectivity index (χ1n) is 25.3. The smallest absolute Gasteiger partial charge is 0.306 e. The van der Waals surface area contributed by atoms with Crippen LogP contribution in [0.25, 0.3) is 0 Å². The Balaban J connectivity index is 4.15. The van der Waals surface area contributed by atoms with Crippen LogP contribution in [0, 0.1) is 0 Å². The van der Waals surface area contributed by atoms with Gasteiger partial charge in [0.2, 0.25) is 0 Å². The maximum Gasteiger partial charge on any atom is 0.306 e. The van der Waals surface area contributed by atoms with E-state index in [-0.39, 0.29) is 31.1 Å². The van der Waals surface area contributed by atoms with E-state index in [1.54, 1.807) is 0 Å². The van der Waals surface area contributed by atoms with E-state index >= 15 is 0 Å². The maximum absolute atomic E-state index is 12.7. The first-order chi connectivity index (χ1) is 28.5. The molecule has 0 amide bonds. The van der Waals surface area contributed by atoms with Crippen molar-refractivity contribution >= 4 is 17.9 Å². The van der Waals surface area contributed by atoms with Gasteiger partial charge >= 0.3 is 17.9 Å². The normalized spacial score (nSPS) is 12.1. The van der Waals surface area contributed by atoms with E-state index in [4.69, 9.17) is 14.2 Å². The Morgan fingerprint density at radius 2 is 0.621 bits per heavy atom. The van der Waals surface area contributed by atoms with Gasteiger partial charge in [0.15, 0.2) is 6.10 Å². The first-order valence-corrected chi connectivity index (χ1v) is 25.3. The molecule has 58 heavy (non-hydrogen) atoms. The Morgan fingerprint density at radius 1 is 0.345 bits per heavy atom. The monoisotopic (exact) mass is 817 g/mol. The van der Waals surface area contributed by atoms with Crippen molar-refractivity contribution < 1.29 is 28.6 Å². The number of hydrogen-bond donors (Lipinski definition) is 0. The van der Waals surface area contributed by atoms with Gasteiger partial charge in [-0.3, -0.25) is 14.4 Å². The van der Waals surface area contributed by atoms with E-state index in [0.29, 0.717) is 19.3 Å². The van der Waals surface area contributed by atoms with Crippen LogP contribution in [0.5, 0.6) is 0 Å². The van der Waals surface area contributed by atoms with E-state index in [0.717, 1.165) is 64.2 Å². The van der Waals surface area contributed by atoms with Crippen molar-refractivity contribution in [3.8, 4) is 0 Å². The molecular formula is C52H96O6. The minimum atomic E-state index is -0.764. The van der Waals surface area contributed by atoms with Gasteiger partial charge < -0.3 is 14.2 Å². The lowest BCUT2D eigenvalue weighted by molar-refractivity contribution is -0.167. The number of hydrogen-bond acceptors (Lipinski definition) is 6. The topological polar surface area (TPSA) is 78.9 Å². The van der Waals surface area contributed by atoms with Crippen molar-refractivity contribution in [1.29, 1.82) is 0 Å². The summed E-state index contributed by atoms with van der Waals surface area (Å²) in [6, 6.07) is 0. The third-order valence-corrected chi connectivity index (χ3v) is 11.2. The second kappa shape index (κ2) is 47.6. The lowest BCUT2D eigenvalue weighted by atomic mass is 10.0. The zero-order valence-electron chi connectivity index (χ0n) is 38.8. The number of esters is 3. The van der Waals surface area contributed by atoms with Crippen LogP contribution in [0.1, 0.15) is 271 Å². The van der Waals surface area contributed by atoms with Crippen LogP contribution in [0.2, 0.25) is 0 Å². The highest BCUT2D eigenvalue weighted by Crippen LogP contribution is 2.15. The molecule has 0 rings (SSSR count). The van der Waals surface area contributed by atoms with Crippen LogP contribution in [0.3, 0.4) is 0 Å². The summed E-state index contributed by atoms with van der Waals surface area (Å²) in [7, 11) is 0. The second-order valence-electron chi connectivity index (χ2n) is 17.1. The highest BCUT2D eigenvalue weighted by atomic mass is 16.6. The summed E-state index contributed by atoms with van der Waals surface area (Å²) < 4.78 is 16.7. The van der Waals surface area contributed by atoms with Crippen molar-refractivity contribution in [2.75, 3.05) is 13.2 Å². The average molecular weight is 817 g/mol. The van der Waals surface area contributed by atoms with E-state index in [9.17, 15) is 14.4 Å². The molecule has 6 heteroatoms. The maximum atomic E-state index is 12.7. The van der Waals surface area contributed by atoms with E-state index < -0.39 is 6.10 Å². The molecular weight excluding hydrogens is 721 g/mol. The van der Waals surface area contributed by atoms with Crippen LogP contribution in [0.15, 0.2) is 24.3 Å². The Kier molecular flexibility index (Phi) is 45.8. The molecule has 0 aliphatic rings. The van der Waals surface area contributed by atoms with Crippen LogP contribution in [0.4, 0.5) is 0 Å². The number of rotatable bonds is 46. The molecule has 340 valence electrons. The highest BCUT2D eigenvalue weighted by Gasteiger charge is 2.19. The predicted molar refractivity (Wildman–Crippen MR) is 247 cm³/mol. The summed E-state index contributed by atoms with van der Waals surface area (Å²) in [6.45, 7) is 6.58.